The van der Waals surface area contributed by atoms with E-state index in [1.165, 1.54) is 5.56 Å². The van der Waals surface area contributed by atoms with E-state index >= 15 is 0 Å². The van der Waals surface area contributed by atoms with Crippen molar-refractivity contribution >= 4 is 5.96 Å². The van der Waals surface area contributed by atoms with Crippen LogP contribution in [-0.2, 0) is 16.7 Å². The van der Waals surface area contributed by atoms with E-state index in [-0.39, 0.29) is 5.41 Å². The molecule has 6 nitrogen and oxygen atoms in total. The number of nitrogens with zero attached hydrogens (tertiary/aromatic N) is 1. The zero-order valence-corrected chi connectivity index (χ0v) is 19.2. The third kappa shape index (κ3) is 6.26. The molecule has 2 aromatic carbocycles. The van der Waals surface area contributed by atoms with E-state index in [4.69, 9.17) is 19.2 Å². The number of hydrogen-bond donors (Lipinski definition) is 2. The maximum absolute atomic E-state index is 5.77. The first-order valence-corrected chi connectivity index (χ1v) is 11.3. The first kappa shape index (κ1) is 23.7. The molecule has 6 heteroatoms. The predicted molar refractivity (Wildman–Crippen MR) is 130 cm³/mol. The van der Waals surface area contributed by atoms with E-state index in [1.807, 2.05) is 36.4 Å². The highest BCUT2D eigenvalue weighted by molar-refractivity contribution is 5.80. The van der Waals surface area contributed by atoms with Gasteiger partial charge in [-0.2, -0.15) is 0 Å². The first-order valence-electron chi connectivity index (χ1n) is 11.3. The summed E-state index contributed by atoms with van der Waals surface area (Å²) in [6.07, 6.45) is 3.67. The van der Waals surface area contributed by atoms with Gasteiger partial charge in [0.2, 0.25) is 0 Å². The van der Waals surface area contributed by atoms with E-state index < -0.39 is 0 Å². The molecular formula is C26H35N3O3. The zero-order valence-electron chi connectivity index (χ0n) is 19.2. The van der Waals surface area contributed by atoms with Gasteiger partial charge in [0.15, 0.2) is 5.96 Å². The molecule has 3 rings (SSSR count). The third-order valence-corrected chi connectivity index (χ3v) is 5.83. The number of benzene rings is 2. The maximum atomic E-state index is 5.77. The van der Waals surface area contributed by atoms with Crippen LogP contribution in [0, 0.1) is 0 Å². The van der Waals surface area contributed by atoms with Gasteiger partial charge in [0.25, 0.3) is 0 Å². The van der Waals surface area contributed by atoms with Crippen molar-refractivity contribution < 1.29 is 14.2 Å². The van der Waals surface area contributed by atoms with Gasteiger partial charge in [-0.15, -0.1) is 0 Å². The summed E-state index contributed by atoms with van der Waals surface area (Å²) < 4.78 is 16.8. The molecule has 0 amide bonds. The average molecular weight is 438 g/mol. The minimum absolute atomic E-state index is 0.00824. The Balaban J connectivity index is 1.74. The number of methoxy groups -OCH3 is 1. The summed E-state index contributed by atoms with van der Waals surface area (Å²) in [5.74, 6) is 2.51. The molecule has 1 aliphatic heterocycles. The zero-order chi connectivity index (χ0) is 22.7. The Kier molecular flexibility index (Phi) is 8.99. The van der Waals surface area contributed by atoms with Gasteiger partial charge >= 0.3 is 0 Å². The number of nitrogens with one attached hydrogen (secondary N) is 2. The van der Waals surface area contributed by atoms with Gasteiger partial charge < -0.3 is 24.8 Å². The van der Waals surface area contributed by atoms with Gasteiger partial charge in [0.05, 0.1) is 13.7 Å². The van der Waals surface area contributed by atoms with Crippen LogP contribution >= 0.6 is 0 Å². The lowest BCUT2D eigenvalue weighted by atomic mass is 9.74. The second-order valence-electron chi connectivity index (χ2n) is 7.88. The van der Waals surface area contributed by atoms with E-state index in [1.54, 1.807) is 13.2 Å². The standard InChI is InChI=1S/C26H35N3O3/c1-4-16-32-24-9-7-6-8-21(24)19-28-25(27-5-2)29-20-26(14-17-31-18-15-26)22-10-12-23(30-3)13-11-22/h4,6-13H,1,5,14-20H2,2-3H3,(H2,27,28,29). The summed E-state index contributed by atoms with van der Waals surface area (Å²) in [4.78, 5) is 4.83. The second kappa shape index (κ2) is 12.2. The number of guanidine groups is 1. The molecule has 1 saturated heterocycles. The van der Waals surface area contributed by atoms with Gasteiger partial charge in [0, 0.05) is 37.3 Å². The fraction of sp³-hybridized carbons (Fsp3) is 0.423. The van der Waals surface area contributed by atoms with Crippen LogP contribution in [0.4, 0.5) is 0 Å². The molecule has 172 valence electrons. The Morgan fingerprint density at radius 2 is 1.88 bits per heavy atom. The molecule has 0 bridgehead atoms. The molecule has 0 aliphatic carbocycles. The fourth-order valence-corrected chi connectivity index (χ4v) is 3.96. The summed E-state index contributed by atoms with van der Waals surface area (Å²) in [7, 11) is 1.69. The van der Waals surface area contributed by atoms with E-state index in [0.29, 0.717) is 13.2 Å². The summed E-state index contributed by atoms with van der Waals surface area (Å²) in [6.45, 7) is 9.90. The van der Waals surface area contributed by atoms with Crippen LogP contribution in [0.3, 0.4) is 0 Å². The first-order chi connectivity index (χ1) is 15.7. The number of hydrogen-bond acceptors (Lipinski definition) is 4. The lowest BCUT2D eigenvalue weighted by Gasteiger charge is -2.38. The molecule has 0 spiro atoms. The molecule has 0 saturated carbocycles. The van der Waals surface area contributed by atoms with Crippen molar-refractivity contribution in [3.63, 3.8) is 0 Å². The maximum Gasteiger partial charge on any atom is 0.191 e. The van der Waals surface area contributed by atoms with E-state index in [2.05, 4.69) is 36.3 Å². The number of aliphatic imine (C=N–C) groups is 1. The summed E-state index contributed by atoms with van der Waals surface area (Å²) >= 11 is 0. The van der Waals surface area contributed by atoms with Crippen LogP contribution in [0.15, 0.2) is 66.2 Å². The minimum Gasteiger partial charge on any atom is -0.497 e. The molecular weight excluding hydrogens is 402 g/mol. The van der Waals surface area contributed by atoms with Gasteiger partial charge in [-0.1, -0.05) is 43.0 Å². The molecule has 32 heavy (non-hydrogen) atoms. The largest absolute Gasteiger partial charge is 0.497 e. The van der Waals surface area contributed by atoms with Crippen molar-refractivity contribution in [1.82, 2.24) is 10.6 Å². The van der Waals surface area contributed by atoms with Gasteiger partial charge in [0.1, 0.15) is 18.1 Å². The van der Waals surface area contributed by atoms with Crippen LogP contribution < -0.4 is 20.1 Å². The van der Waals surface area contributed by atoms with Crippen molar-refractivity contribution in [1.29, 1.82) is 0 Å². The topological polar surface area (TPSA) is 64.1 Å². The lowest BCUT2D eigenvalue weighted by molar-refractivity contribution is 0.0513. The highest BCUT2D eigenvalue weighted by atomic mass is 16.5. The normalized spacial score (nSPS) is 15.6. The minimum atomic E-state index is -0.00824. The lowest BCUT2D eigenvalue weighted by Crippen LogP contribution is -2.48. The van der Waals surface area contributed by atoms with E-state index in [0.717, 1.165) is 62.2 Å². The molecule has 1 aliphatic rings. The SMILES string of the molecule is C=CCOc1ccccc1CN=C(NCC)NCC1(c2ccc(OC)cc2)CCOCC1. The van der Waals surface area contributed by atoms with Crippen molar-refractivity contribution in [2.45, 2.75) is 31.7 Å². The van der Waals surface area contributed by atoms with Crippen molar-refractivity contribution in [3.05, 3.63) is 72.3 Å². The quantitative estimate of drug-likeness (QED) is 0.333. The Morgan fingerprint density at radius 3 is 2.56 bits per heavy atom. The molecule has 1 heterocycles. The predicted octanol–water partition coefficient (Wildman–Crippen LogP) is 4.06. The third-order valence-electron chi connectivity index (χ3n) is 5.83. The monoisotopic (exact) mass is 437 g/mol. The Labute approximate surface area is 191 Å². The number of ether oxygens (including phenoxy) is 3. The fourth-order valence-electron chi connectivity index (χ4n) is 3.96. The van der Waals surface area contributed by atoms with Crippen molar-refractivity contribution in [2.75, 3.05) is 40.0 Å². The summed E-state index contributed by atoms with van der Waals surface area (Å²) in [6, 6.07) is 16.4. The summed E-state index contributed by atoms with van der Waals surface area (Å²) in [5.41, 5.74) is 2.33. The molecule has 1 fully saturated rings. The Hall–Kier alpha value is -2.99. The number of rotatable bonds is 10. The Bertz CT molecular complexity index is 874. The van der Waals surface area contributed by atoms with Crippen LogP contribution in [0.1, 0.15) is 30.9 Å². The molecule has 0 atom stereocenters. The highest BCUT2D eigenvalue weighted by Gasteiger charge is 2.34. The smallest absolute Gasteiger partial charge is 0.191 e. The van der Waals surface area contributed by atoms with E-state index in [9.17, 15) is 0 Å². The van der Waals surface area contributed by atoms with Gasteiger partial charge in [-0.05, 0) is 43.5 Å². The molecule has 2 aromatic rings. The average Bonchev–Trinajstić information content (AvgIpc) is 2.85. The number of para-hydroxylation sites is 1. The van der Waals surface area contributed by atoms with Crippen molar-refractivity contribution in [3.8, 4) is 11.5 Å². The molecule has 2 N–H and O–H groups in total. The molecule has 0 unspecified atom stereocenters. The second-order valence-corrected chi connectivity index (χ2v) is 7.88. The van der Waals surface area contributed by atoms with Crippen LogP contribution in [0.25, 0.3) is 0 Å². The summed E-state index contributed by atoms with van der Waals surface area (Å²) in [5, 5.41) is 6.96. The van der Waals surface area contributed by atoms with Crippen LogP contribution in [0.5, 0.6) is 11.5 Å². The molecule has 0 aromatic heterocycles. The molecule has 0 radical (unpaired) electrons. The van der Waals surface area contributed by atoms with Crippen LogP contribution in [-0.4, -0.2) is 46.0 Å². The Morgan fingerprint density at radius 1 is 1.12 bits per heavy atom. The van der Waals surface area contributed by atoms with Gasteiger partial charge in [-0.3, -0.25) is 0 Å². The van der Waals surface area contributed by atoms with Crippen LogP contribution in [0.2, 0.25) is 0 Å². The highest BCUT2D eigenvalue weighted by Crippen LogP contribution is 2.35. The van der Waals surface area contributed by atoms with Gasteiger partial charge in [-0.25, -0.2) is 4.99 Å². The van der Waals surface area contributed by atoms with Crippen molar-refractivity contribution in [2.24, 2.45) is 4.99 Å².